The normalized spacial score (nSPS) is 10.5. The number of rotatable bonds is 5. The first-order chi connectivity index (χ1) is 9.24. The highest BCUT2D eigenvalue weighted by molar-refractivity contribution is 6.32. The minimum Gasteiger partial charge on any atom is -0.456 e. The van der Waals surface area contributed by atoms with E-state index in [0.717, 1.165) is 11.1 Å². The first-order valence-electron chi connectivity index (χ1n) is 6.09. The first-order valence-corrected chi connectivity index (χ1v) is 6.47. The van der Waals surface area contributed by atoms with E-state index in [1.165, 1.54) is 0 Å². The zero-order chi connectivity index (χ0) is 13.7. The van der Waals surface area contributed by atoms with Gasteiger partial charge >= 0.3 is 0 Å². The van der Waals surface area contributed by atoms with Crippen molar-refractivity contribution in [1.82, 2.24) is 0 Å². The fraction of sp³-hybridized carbons (Fsp3) is 0.200. The third kappa shape index (κ3) is 3.47. The number of hydrogen-bond acceptors (Lipinski definition) is 3. The number of aliphatic hydroxyl groups is 1. The summed E-state index contributed by atoms with van der Waals surface area (Å²) in [4.78, 5) is 0. The van der Waals surface area contributed by atoms with Crippen LogP contribution in [0.5, 0.6) is 11.5 Å². The molecule has 0 bridgehead atoms. The van der Waals surface area contributed by atoms with Gasteiger partial charge in [0.1, 0.15) is 11.5 Å². The van der Waals surface area contributed by atoms with E-state index in [1.54, 1.807) is 12.1 Å². The standard InChI is InChI=1S/C15H16ClNO2/c16-13-9-11(10-17)5-6-15(13)19-14-4-2-1-3-12(14)7-8-18/h1-6,9,18H,7-8,10,17H2. The predicted molar refractivity (Wildman–Crippen MR) is 76.6 cm³/mol. The van der Waals surface area contributed by atoms with Crippen LogP contribution < -0.4 is 10.5 Å². The molecule has 100 valence electrons. The molecule has 3 nitrogen and oxygen atoms in total. The Bertz CT molecular complexity index is 558. The largest absolute Gasteiger partial charge is 0.456 e. The molecule has 0 aromatic heterocycles. The van der Waals surface area contributed by atoms with Gasteiger partial charge in [0.15, 0.2) is 0 Å². The predicted octanol–water partition coefficient (Wildman–Crippen LogP) is 3.13. The summed E-state index contributed by atoms with van der Waals surface area (Å²) in [5.74, 6) is 1.29. The van der Waals surface area contributed by atoms with Crippen molar-refractivity contribution in [3.63, 3.8) is 0 Å². The van der Waals surface area contributed by atoms with Gasteiger partial charge in [0.2, 0.25) is 0 Å². The fourth-order valence-electron chi connectivity index (χ4n) is 1.80. The Kier molecular flexibility index (Phi) is 4.80. The molecule has 0 fully saturated rings. The summed E-state index contributed by atoms with van der Waals surface area (Å²) in [6.07, 6.45) is 0.550. The Balaban J connectivity index is 2.26. The van der Waals surface area contributed by atoms with Crippen molar-refractivity contribution in [2.24, 2.45) is 5.73 Å². The van der Waals surface area contributed by atoms with Crippen molar-refractivity contribution < 1.29 is 9.84 Å². The van der Waals surface area contributed by atoms with E-state index >= 15 is 0 Å². The lowest BCUT2D eigenvalue weighted by atomic mass is 10.1. The second kappa shape index (κ2) is 6.57. The highest BCUT2D eigenvalue weighted by atomic mass is 35.5. The van der Waals surface area contributed by atoms with Crippen LogP contribution in [0.25, 0.3) is 0 Å². The summed E-state index contributed by atoms with van der Waals surface area (Å²) >= 11 is 6.16. The quantitative estimate of drug-likeness (QED) is 0.883. The lowest BCUT2D eigenvalue weighted by Crippen LogP contribution is -1.98. The smallest absolute Gasteiger partial charge is 0.146 e. The average Bonchev–Trinajstić information content (AvgIpc) is 2.43. The van der Waals surface area contributed by atoms with Gasteiger partial charge in [-0.3, -0.25) is 0 Å². The molecular formula is C15H16ClNO2. The van der Waals surface area contributed by atoms with Gasteiger partial charge in [-0.25, -0.2) is 0 Å². The Hall–Kier alpha value is -1.55. The van der Waals surface area contributed by atoms with Gasteiger partial charge in [0.25, 0.3) is 0 Å². The summed E-state index contributed by atoms with van der Waals surface area (Å²) in [5.41, 5.74) is 7.47. The molecular weight excluding hydrogens is 262 g/mol. The maximum atomic E-state index is 9.04. The Labute approximate surface area is 117 Å². The van der Waals surface area contributed by atoms with Crippen molar-refractivity contribution >= 4 is 11.6 Å². The van der Waals surface area contributed by atoms with Crippen LogP contribution in [0.1, 0.15) is 11.1 Å². The van der Waals surface area contributed by atoms with Gasteiger partial charge < -0.3 is 15.6 Å². The maximum absolute atomic E-state index is 9.04. The molecule has 0 unspecified atom stereocenters. The highest BCUT2D eigenvalue weighted by Gasteiger charge is 2.07. The van der Waals surface area contributed by atoms with E-state index in [0.29, 0.717) is 29.5 Å². The molecule has 0 saturated carbocycles. The van der Waals surface area contributed by atoms with Crippen LogP contribution in [0.15, 0.2) is 42.5 Å². The summed E-state index contributed by atoms with van der Waals surface area (Å²) in [5, 5.41) is 9.57. The molecule has 0 aliphatic rings. The van der Waals surface area contributed by atoms with Gasteiger partial charge in [0.05, 0.1) is 5.02 Å². The Morgan fingerprint density at radius 3 is 2.58 bits per heavy atom. The van der Waals surface area contributed by atoms with E-state index in [-0.39, 0.29) is 6.61 Å². The molecule has 19 heavy (non-hydrogen) atoms. The van der Waals surface area contributed by atoms with E-state index in [9.17, 15) is 0 Å². The summed E-state index contributed by atoms with van der Waals surface area (Å²) < 4.78 is 5.81. The summed E-state index contributed by atoms with van der Waals surface area (Å²) in [6, 6.07) is 13.1. The topological polar surface area (TPSA) is 55.5 Å². The summed E-state index contributed by atoms with van der Waals surface area (Å²) in [6.45, 7) is 0.529. The maximum Gasteiger partial charge on any atom is 0.146 e. The summed E-state index contributed by atoms with van der Waals surface area (Å²) in [7, 11) is 0. The van der Waals surface area contributed by atoms with Crippen molar-refractivity contribution in [2.45, 2.75) is 13.0 Å². The van der Waals surface area contributed by atoms with Crippen molar-refractivity contribution in [3.05, 3.63) is 58.6 Å². The molecule has 0 heterocycles. The van der Waals surface area contributed by atoms with Crippen LogP contribution in [0.3, 0.4) is 0 Å². The average molecular weight is 278 g/mol. The van der Waals surface area contributed by atoms with Crippen LogP contribution in [-0.4, -0.2) is 11.7 Å². The van der Waals surface area contributed by atoms with E-state index < -0.39 is 0 Å². The van der Waals surface area contributed by atoms with Gasteiger partial charge in [-0.15, -0.1) is 0 Å². The number of aliphatic hydroxyl groups excluding tert-OH is 1. The SMILES string of the molecule is NCc1ccc(Oc2ccccc2CCO)c(Cl)c1. The number of hydrogen-bond donors (Lipinski definition) is 2. The molecule has 0 amide bonds. The van der Waals surface area contributed by atoms with E-state index in [2.05, 4.69) is 0 Å². The molecule has 0 radical (unpaired) electrons. The highest BCUT2D eigenvalue weighted by Crippen LogP contribution is 2.32. The Morgan fingerprint density at radius 1 is 1.11 bits per heavy atom. The molecule has 2 rings (SSSR count). The van der Waals surface area contributed by atoms with Gasteiger partial charge in [-0.2, -0.15) is 0 Å². The molecule has 0 aliphatic heterocycles. The van der Waals surface area contributed by atoms with Crippen LogP contribution in [0, 0.1) is 0 Å². The van der Waals surface area contributed by atoms with Crippen LogP contribution in [0.4, 0.5) is 0 Å². The third-order valence-electron chi connectivity index (χ3n) is 2.81. The minimum atomic E-state index is 0.0835. The van der Waals surface area contributed by atoms with Crippen LogP contribution in [-0.2, 0) is 13.0 Å². The van der Waals surface area contributed by atoms with Crippen LogP contribution in [0.2, 0.25) is 5.02 Å². The van der Waals surface area contributed by atoms with Gasteiger partial charge in [-0.1, -0.05) is 35.9 Å². The number of nitrogens with two attached hydrogens (primary N) is 1. The molecule has 0 saturated heterocycles. The molecule has 0 atom stereocenters. The van der Waals surface area contributed by atoms with E-state index in [4.69, 9.17) is 27.2 Å². The second-order valence-electron chi connectivity index (χ2n) is 4.15. The van der Waals surface area contributed by atoms with Gasteiger partial charge in [0, 0.05) is 13.2 Å². The third-order valence-corrected chi connectivity index (χ3v) is 3.10. The minimum absolute atomic E-state index is 0.0835. The van der Waals surface area contributed by atoms with Crippen molar-refractivity contribution in [1.29, 1.82) is 0 Å². The molecule has 4 heteroatoms. The van der Waals surface area contributed by atoms with Gasteiger partial charge in [-0.05, 0) is 35.7 Å². The monoisotopic (exact) mass is 277 g/mol. The lowest BCUT2D eigenvalue weighted by molar-refractivity contribution is 0.298. The number of para-hydroxylation sites is 1. The van der Waals surface area contributed by atoms with Crippen molar-refractivity contribution in [3.8, 4) is 11.5 Å². The fourth-order valence-corrected chi connectivity index (χ4v) is 2.04. The zero-order valence-corrected chi connectivity index (χ0v) is 11.2. The molecule has 2 aromatic rings. The Morgan fingerprint density at radius 2 is 1.89 bits per heavy atom. The number of halogens is 1. The zero-order valence-electron chi connectivity index (χ0n) is 10.5. The molecule has 3 N–H and O–H groups in total. The van der Waals surface area contributed by atoms with Crippen molar-refractivity contribution in [2.75, 3.05) is 6.61 Å². The number of ether oxygens (including phenoxy) is 1. The molecule has 0 aliphatic carbocycles. The van der Waals surface area contributed by atoms with E-state index in [1.807, 2.05) is 30.3 Å². The lowest BCUT2D eigenvalue weighted by Gasteiger charge is -2.12. The molecule has 0 spiro atoms. The second-order valence-corrected chi connectivity index (χ2v) is 4.56. The number of benzene rings is 2. The van der Waals surface area contributed by atoms with Crippen LogP contribution >= 0.6 is 11.6 Å². The first kappa shape index (κ1) is 13.9. The molecule has 2 aromatic carbocycles.